The molecule has 0 unspecified atom stereocenters. The number of rotatable bonds is 7. The number of fused-ring (bicyclic) bond motifs is 1. The predicted molar refractivity (Wildman–Crippen MR) is 125 cm³/mol. The van der Waals surface area contributed by atoms with E-state index in [0.29, 0.717) is 6.42 Å². The largest absolute Gasteiger partial charge is 0.468 e. The number of carbonyl (C=O) groups excluding carboxylic acids is 4. The maximum atomic E-state index is 13.6. The smallest absolute Gasteiger partial charge is 0.326 e. The summed E-state index contributed by atoms with van der Waals surface area (Å²) in [5, 5.41) is 3.30. The molecule has 1 N–H and O–H groups in total. The highest BCUT2D eigenvalue weighted by Gasteiger charge is 2.67. The molecule has 1 aromatic carbocycles. The summed E-state index contributed by atoms with van der Waals surface area (Å²) >= 11 is 0. The van der Waals surface area contributed by atoms with E-state index < -0.39 is 29.4 Å². The van der Waals surface area contributed by atoms with Crippen molar-refractivity contribution in [1.29, 1.82) is 0 Å². The number of methoxy groups -OCH3 is 1. The van der Waals surface area contributed by atoms with Gasteiger partial charge in [-0.3, -0.25) is 29.4 Å². The average molecular weight is 470 g/mol. The number of likely N-dealkylation sites (tertiary alicyclic amines) is 1. The Balaban J connectivity index is 1.61. The van der Waals surface area contributed by atoms with Gasteiger partial charge in [0, 0.05) is 25.6 Å². The summed E-state index contributed by atoms with van der Waals surface area (Å²) in [6.07, 6.45) is 5.34. The maximum absolute atomic E-state index is 13.6. The monoisotopic (exact) mass is 469 g/mol. The second-order valence-electron chi connectivity index (χ2n) is 9.87. The normalized spacial score (nSPS) is 29.3. The number of nitrogens with zero attached hydrogens (tertiary/aromatic N) is 2. The van der Waals surface area contributed by atoms with Gasteiger partial charge in [0.05, 0.1) is 25.5 Å². The van der Waals surface area contributed by atoms with Gasteiger partial charge in [-0.15, -0.1) is 0 Å². The van der Waals surface area contributed by atoms with Gasteiger partial charge in [-0.2, -0.15) is 0 Å². The van der Waals surface area contributed by atoms with Crippen LogP contribution in [-0.2, 0) is 30.5 Å². The quantitative estimate of drug-likeness (QED) is 0.486. The lowest BCUT2D eigenvalue weighted by Gasteiger charge is -2.33. The van der Waals surface area contributed by atoms with Crippen molar-refractivity contribution < 1.29 is 23.9 Å². The molecule has 2 heterocycles. The zero-order valence-corrected chi connectivity index (χ0v) is 20.3. The number of carbonyl (C=O) groups is 4. The molecule has 34 heavy (non-hydrogen) atoms. The number of esters is 1. The van der Waals surface area contributed by atoms with E-state index in [1.54, 1.807) is 11.9 Å². The molecule has 1 aromatic rings. The third-order valence-corrected chi connectivity index (χ3v) is 7.94. The van der Waals surface area contributed by atoms with Gasteiger partial charge in [0.25, 0.3) is 0 Å². The third-order valence-electron chi connectivity index (χ3n) is 7.94. The van der Waals surface area contributed by atoms with Gasteiger partial charge in [-0.1, -0.05) is 56.5 Å². The lowest BCUT2D eigenvalue weighted by atomic mass is 9.78. The first-order chi connectivity index (χ1) is 16.3. The van der Waals surface area contributed by atoms with Crippen molar-refractivity contribution >= 4 is 23.7 Å². The predicted octanol–water partition coefficient (Wildman–Crippen LogP) is 2.12. The molecule has 3 amide bonds. The minimum absolute atomic E-state index is 0.00276. The summed E-state index contributed by atoms with van der Waals surface area (Å²) in [5.41, 5.74) is -0.449. The summed E-state index contributed by atoms with van der Waals surface area (Å²) in [6, 6.07) is 8.83. The highest BCUT2D eigenvalue weighted by Crippen LogP contribution is 2.45. The SMILES string of the molecule is CC[C@@]1(C(=O)OC)N[C@H](CN(C)C(=O)C2CCCCC2)[C@@H]2C(=O)N(Cc3ccccc3)C(=O)[C@@H]21. The Bertz CT molecular complexity index is 945. The molecule has 8 heteroatoms. The highest BCUT2D eigenvalue weighted by atomic mass is 16.5. The van der Waals surface area contributed by atoms with Gasteiger partial charge >= 0.3 is 5.97 Å². The van der Waals surface area contributed by atoms with Crippen LogP contribution in [0.4, 0.5) is 0 Å². The topological polar surface area (TPSA) is 96.0 Å². The van der Waals surface area contributed by atoms with Crippen LogP contribution in [0.2, 0.25) is 0 Å². The number of hydrogen-bond donors (Lipinski definition) is 1. The lowest BCUT2D eigenvalue weighted by molar-refractivity contribution is -0.154. The molecule has 0 bridgehead atoms. The van der Waals surface area contributed by atoms with Gasteiger partial charge in [-0.25, -0.2) is 0 Å². The fraction of sp³-hybridized carbons (Fsp3) is 0.615. The number of amides is 3. The van der Waals surface area contributed by atoms with Crippen LogP contribution in [0.1, 0.15) is 51.0 Å². The van der Waals surface area contributed by atoms with Gasteiger partial charge in [0.1, 0.15) is 5.54 Å². The minimum Gasteiger partial charge on any atom is -0.468 e. The molecule has 0 radical (unpaired) electrons. The zero-order chi connectivity index (χ0) is 24.5. The number of likely N-dealkylation sites (N-methyl/N-ethyl adjacent to an activating group) is 1. The molecule has 3 aliphatic rings. The van der Waals surface area contributed by atoms with Gasteiger partial charge in [0.2, 0.25) is 17.7 Å². The number of nitrogens with one attached hydrogen (secondary N) is 1. The first kappa shape index (κ1) is 24.4. The Morgan fingerprint density at radius 2 is 1.79 bits per heavy atom. The van der Waals surface area contributed by atoms with Crippen LogP contribution in [-0.4, -0.2) is 65.8 Å². The Morgan fingerprint density at radius 3 is 2.41 bits per heavy atom. The lowest BCUT2D eigenvalue weighted by Crippen LogP contribution is -2.58. The van der Waals surface area contributed by atoms with Crippen LogP contribution in [0.5, 0.6) is 0 Å². The average Bonchev–Trinajstić information content (AvgIpc) is 3.33. The molecule has 2 aliphatic heterocycles. The van der Waals surface area contributed by atoms with Crippen molar-refractivity contribution in [3.05, 3.63) is 35.9 Å². The van der Waals surface area contributed by atoms with Crippen molar-refractivity contribution in [2.45, 2.75) is 63.6 Å². The molecule has 8 nitrogen and oxygen atoms in total. The van der Waals surface area contributed by atoms with E-state index >= 15 is 0 Å². The molecular formula is C26H35N3O5. The van der Waals surface area contributed by atoms with Gasteiger partial charge in [0.15, 0.2) is 0 Å². The van der Waals surface area contributed by atoms with E-state index in [4.69, 9.17) is 4.74 Å². The standard InChI is InChI=1S/C26H35N3O5/c1-4-26(25(33)34-3)21-20(23(31)29(24(21)32)15-17-11-7-5-8-12-17)19(27-26)16-28(2)22(30)18-13-9-6-10-14-18/h5,7-8,11-12,18-21,27H,4,6,9-10,13-16H2,1-3H3/t19-,20+,21-,26-/m1/s1. The molecule has 4 rings (SSSR count). The first-order valence-corrected chi connectivity index (χ1v) is 12.3. The summed E-state index contributed by atoms with van der Waals surface area (Å²) in [5.74, 6) is -2.71. The molecule has 2 saturated heterocycles. The summed E-state index contributed by atoms with van der Waals surface area (Å²) in [6.45, 7) is 2.24. The van der Waals surface area contributed by atoms with Crippen LogP contribution in [0, 0.1) is 17.8 Å². The molecular weight excluding hydrogens is 434 g/mol. The van der Waals surface area contributed by atoms with Gasteiger partial charge in [-0.05, 0) is 24.8 Å². The molecule has 0 spiro atoms. The van der Waals surface area contributed by atoms with Crippen molar-refractivity contribution in [1.82, 2.24) is 15.1 Å². The molecule has 184 valence electrons. The molecule has 3 fully saturated rings. The minimum atomic E-state index is -1.29. The molecule has 1 saturated carbocycles. The van der Waals surface area contributed by atoms with Crippen LogP contribution >= 0.6 is 0 Å². The van der Waals surface area contributed by atoms with Crippen LogP contribution in [0.3, 0.4) is 0 Å². The number of hydrogen-bond acceptors (Lipinski definition) is 6. The van der Waals surface area contributed by atoms with Crippen LogP contribution in [0.15, 0.2) is 30.3 Å². The Kier molecular flexibility index (Phi) is 7.07. The maximum Gasteiger partial charge on any atom is 0.326 e. The fourth-order valence-electron chi connectivity index (χ4n) is 6.15. The van der Waals surface area contributed by atoms with Crippen LogP contribution < -0.4 is 5.32 Å². The van der Waals surface area contributed by atoms with E-state index in [-0.39, 0.29) is 36.7 Å². The van der Waals surface area contributed by atoms with Crippen molar-refractivity contribution in [3.63, 3.8) is 0 Å². The van der Waals surface area contributed by atoms with E-state index in [2.05, 4.69) is 5.32 Å². The van der Waals surface area contributed by atoms with E-state index in [1.165, 1.54) is 12.0 Å². The van der Waals surface area contributed by atoms with Crippen molar-refractivity contribution in [2.24, 2.45) is 17.8 Å². The Labute approximate surface area is 201 Å². The van der Waals surface area contributed by atoms with Gasteiger partial charge < -0.3 is 9.64 Å². The fourth-order valence-corrected chi connectivity index (χ4v) is 6.15. The second kappa shape index (κ2) is 9.86. The van der Waals surface area contributed by atoms with Crippen molar-refractivity contribution in [2.75, 3.05) is 20.7 Å². The zero-order valence-electron chi connectivity index (χ0n) is 20.3. The molecule has 4 atom stereocenters. The summed E-state index contributed by atoms with van der Waals surface area (Å²) in [4.78, 5) is 56.2. The number of benzene rings is 1. The molecule has 0 aromatic heterocycles. The second-order valence-corrected chi connectivity index (χ2v) is 9.87. The number of ether oxygens (including phenoxy) is 1. The van der Waals surface area contributed by atoms with E-state index in [9.17, 15) is 19.2 Å². The van der Waals surface area contributed by atoms with E-state index in [0.717, 1.165) is 37.7 Å². The van der Waals surface area contributed by atoms with Crippen LogP contribution in [0.25, 0.3) is 0 Å². The molecule has 1 aliphatic carbocycles. The number of imide groups is 1. The highest BCUT2D eigenvalue weighted by molar-refractivity contribution is 6.09. The Hall–Kier alpha value is -2.74. The summed E-state index contributed by atoms with van der Waals surface area (Å²) < 4.78 is 5.11. The van der Waals surface area contributed by atoms with Crippen molar-refractivity contribution in [3.8, 4) is 0 Å². The summed E-state index contributed by atoms with van der Waals surface area (Å²) in [7, 11) is 3.05. The van der Waals surface area contributed by atoms with E-state index in [1.807, 2.05) is 37.3 Å². The Morgan fingerprint density at radius 1 is 1.12 bits per heavy atom. The third kappa shape index (κ3) is 4.13. The first-order valence-electron chi connectivity index (χ1n) is 12.3.